The first-order valence-corrected chi connectivity index (χ1v) is 9.70. The summed E-state index contributed by atoms with van der Waals surface area (Å²) in [6.07, 6.45) is 4.75. The minimum absolute atomic E-state index is 0.116. The zero-order valence-electron chi connectivity index (χ0n) is 14.4. The van der Waals surface area contributed by atoms with E-state index >= 15 is 0 Å². The van der Waals surface area contributed by atoms with Gasteiger partial charge in [0.1, 0.15) is 0 Å². The van der Waals surface area contributed by atoms with E-state index in [0.717, 1.165) is 38.2 Å². The lowest BCUT2D eigenvalue weighted by molar-refractivity contribution is -0.121. The summed E-state index contributed by atoms with van der Waals surface area (Å²) in [6.45, 7) is 3.92. The molecule has 1 fully saturated rings. The number of carbonyl (C=O) groups excluding carboxylic acids is 1. The van der Waals surface area contributed by atoms with Gasteiger partial charge in [-0.15, -0.1) is 11.3 Å². The minimum Gasteiger partial charge on any atom is -0.371 e. The SMILES string of the molecule is O=C(CCN1CCCC(OCc2ccccn2)C1)NCc1cccs1. The molecule has 0 aliphatic carbocycles. The van der Waals surface area contributed by atoms with Crippen molar-refractivity contribution in [2.45, 2.75) is 38.5 Å². The number of hydrogen-bond donors (Lipinski definition) is 1. The van der Waals surface area contributed by atoms with Crippen LogP contribution in [0.1, 0.15) is 29.8 Å². The molecule has 0 bridgehead atoms. The van der Waals surface area contributed by atoms with Gasteiger partial charge >= 0.3 is 0 Å². The number of amides is 1. The second-order valence-electron chi connectivity index (χ2n) is 6.30. The number of nitrogens with zero attached hydrogens (tertiary/aromatic N) is 2. The van der Waals surface area contributed by atoms with Crippen LogP contribution in [0.5, 0.6) is 0 Å². The monoisotopic (exact) mass is 359 g/mol. The van der Waals surface area contributed by atoms with Crippen molar-refractivity contribution in [3.8, 4) is 0 Å². The Morgan fingerprint density at radius 2 is 2.32 bits per heavy atom. The highest BCUT2D eigenvalue weighted by Crippen LogP contribution is 2.15. The van der Waals surface area contributed by atoms with Gasteiger partial charge in [0.05, 0.1) is 24.9 Å². The van der Waals surface area contributed by atoms with Gasteiger partial charge in [-0.25, -0.2) is 0 Å². The molecule has 134 valence electrons. The molecule has 0 aromatic carbocycles. The Balaban J connectivity index is 1.34. The van der Waals surface area contributed by atoms with Crippen LogP contribution in [-0.4, -0.2) is 41.5 Å². The molecule has 1 amide bonds. The maximum atomic E-state index is 12.0. The number of thiophene rings is 1. The van der Waals surface area contributed by atoms with E-state index < -0.39 is 0 Å². The summed E-state index contributed by atoms with van der Waals surface area (Å²) >= 11 is 1.67. The lowest BCUT2D eigenvalue weighted by Gasteiger charge is -2.32. The van der Waals surface area contributed by atoms with Gasteiger partial charge < -0.3 is 15.0 Å². The molecule has 0 radical (unpaired) electrons. The molecule has 25 heavy (non-hydrogen) atoms. The number of rotatable bonds is 8. The fraction of sp³-hybridized carbons (Fsp3) is 0.474. The lowest BCUT2D eigenvalue weighted by atomic mass is 10.1. The molecular formula is C19H25N3O2S. The number of ether oxygens (including phenoxy) is 1. The van der Waals surface area contributed by atoms with Crippen LogP contribution in [0.15, 0.2) is 41.9 Å². The van der Waals surface area contributed by atoms with E-state index in [1.54, 1.807) is 17.5 Å². The molecule has 1 unspecified atom stereocenters. The van der Waals surface area contributed by atoms with Gasteiger partial charge in [0, 0.05) is 30.6 Å². The number of pyridine rings is 1. The van der Waals surface area contributed by atoms with Crippen LogP contribution in [0.25, 0.3) is 0 Å². The van der Waals surface area contributed by atoms with E-state index in [1.807, 2.05) is 35.7 Å². The average Bonchev–Trinajstić information content (AvgIpc) is 3.18. The summed E-state index contributed by atoms with van der Waals surface area (Å²) in [4.78, 5) is 19.8. The molecule has 5 nitrogen and oxygen atoms in total. The molecule has 1 N–H and O–H groups in total. The van der Waals surface area contributed by atoms with Crippen molar-refractivity contribution < 1.29 is 9.53 Å². The summed E-state index contributed by atoms with van der Waals surface area (Å²) in [7, 11) is 0. The first kappa shape index (κ1) is 18.0. The fourth-order valence-corrected chi connectivity index (χ4v) is 3.63. The predicted molar refractivity (Wildman–Crippen MR) is 99.3 cm³/mol. The van der Waals surface area contributed by atoms with E-state index in [0.29, 0.717) is 19.6 Å². The summed E-state index contributed by atoms with van der Waals surface area (Å²) < 4.78 is 6.00. The van der Waals surface area contributed by atoms with Crippen molar-refractivity contribution >= 4 is 17.2 Å². The van der Waals surface area contributed by atoms with Gasteiger partial charge in [0.15, 0.2) is 0 Å². The lowest BCUT2D eigenvalue weighted by Crippen LogP contribution is -2.41. The number of carbonyl (C=O) groups is 1. The normalized spacial score (nSPS) is 18.2. The standard InChI is InChI=1S/C19H25N3O2S/c23-19(21-13-18-7-4-12-25-18)8-11-22-10-3-6-17(14-22)24-15-16-5-1-2-9-20-16/h1-2,4-5,7,9,12,17H,3,6,8,10-11,13-15H2,(H,21,23). The summed E-state index contributed by atoms with van der Waals surface area (Å²) in [5.74, 6) is 0.116. The molecule has 1 aliphatic rings. The first-order valence-electron chi connectivity index (χ1n) is 8.82. The van der Waals surface area contributed by atoms with E-state index in [2.05, 4.69) is 15.2 Å². The second kappa shape index (κ2) is 9.65. The Labute approximate surface area is 153 Å². The van der Waals surface area contributed by atoms with Crippen LogP contribution in [0.2, 0.25) is 0 Å². The van der Waals surface area contributed by atoms with Gasteiger partial charge in [-0.1, -0.05) is 12.1 Å². The van der Waals surface area contributed by atoms with Crippen molar-refractivity contribution in [1.82, 2.24) is 15.2 Å². The Morgan fingerprint density at radius 1 is 1.36 bits per heavy atom. The topological polar surface area (TPSA) is 54.5 Å². The smallest absolute Gasteiger partial charge is 0.221 e. The molecule has 3 rings (SSSR count). The predicted octanol–water partition coefficient (Wildman–Crippen LogP) is 2.83. The van der Waals surface area contributed by atoms with Crippen molar-refractivity contribution in [1.29, 1.82) is 0 Å². The Kier molecular flexibility index (Phi) is 6.97. The second-order valence-corrected chi connectivity index (χ2v) is 7.34. The molecule has 3 heterocycles. The Bertz CT molecular complexity index is 633. The summed E-state index contributed by atoms with van der Waals surface area (Å²) in [5, 5.41) is 5.02. The third-order valence-electron chi connectivity index (χ3n) is 4.35. The van der Waals surface area contributed by atoms with Crippen LogP contribution in [-0.2, 0) is 22.7 Å². The van der Waals surface area contributed by atoms with Gasteiger partial charge in [-0.2, -0.15) is 0 Å². The van der Waals surface area contributed by atoms with Crippen molar-refractivity contribution in [2.75, 3.05) is 19.6 Å². The number of piperidine rings is 1. The highest BCUT2D eigenvalue weighted by Gasteiger charge is 2.21. The highest BCUT2D eigenvalue weighted by atomic mass is 32.1. The third-order valence-corrected chi connectivity index (χ3v) is 5.23. The molecule has 1 aliphatic heterocycles. The molecule has 2 aromatic heterocycles. The van der Waals surface area contributed by atoms with Crippen LogP contribution >= 0.6 is 11.3 Å². The Morgan fingerprint density at radius 3 is 3.12 bits per heavy atom. The van der Waals surface area contributed by atoms with Crippen LogP contribution in [0.4, 0.5) is 0 Å². The van der Waals surface area contributed by atoms with Gasteiger partial charge in [-0.05, 0) is 43.0 Å². The van der Waals surface area contributed by atoms with E-state index in [-0.39, 0.29) is 12.0 Å². The number of likely N-dealkylation sites (tertiary alicyclic amines) is 1. The molecule has 0 saturated carbocycles. The fourth-order valence-electron chi connectivity index (χ4n) is 2.99. The minimum atomic E-state index is 0.116. The molecule has 6 heteroatoms. The van der Waals surface area contributed by atoms with E-state index in [9.17, 15) is 4.79 Å². The van der Waals surface area contributed by atoms with Crippen molar-refractivity contribution in [3.63, 3.8) is 0 Å². The molecule has 1 saturated heterocycles. The molecular weight excluding hydrogens is 334 g/mol. The van der Waals surface area contributed by atoms with Gasteiger partial charge in [0.25, 0.3) is 0 Å². The number of aromatic nitrogens is 1. The maximum absolute atomic E-state index is 12.0. The Hall–Kier alpha value is -1.76. The van der Waals surface area contributed by atoms with Gasteiger partial charge in [-0.3, -0.25) is 9.78 Å². The molecule has 1 atom stereocenters. The van der Waals surface area contributed by atoms with E-state index in [4.69, 9.17) is 4.74 Å². The van der Waals surface area contributed by atoms with Gasteiger partial charge in [0.2, 0.25) is 5.91 Å². The average molecular weight is 359 g/mol. The summed E-state index contributed by atoms with van der Waals surface area (Å²) in [5.41, 5.74) is 0.965. The molecule has 2 aromatic rings. The van der Waals surface area contributed by atoms with Crippen LogP contribution < -0.4 is 5.32 Å². The highest BCUT2D eigenvalue weighted by molar-refractivity contribution is 7.09. The van der Waals surface area contributed by atoms with E-state index in [1.165, 1.54) is 4.88 Å². The summed E-state index contributed by atoms with van der Waals surface area (Å²) in [6, 6.07) is 9.92. The largest absolute Gasteiger partial charge is 0.371 e. The van der Waals surface area contributed by atoms with Crippen molar-refractivity contribution in [3.05, 3.63) is 52.5 Å². The maximum Gasteiger partial charge on any atom is 0.221 e. The zero-order valence-corrected chi connectivity index (χ0v) is 15.2. The quantitative estimate of drug-likeness (QED) is 0.787. The molecule has 0 spiro atoms. The third kappa shape index (κ3) is 6.23. The van der Waals surface area contributed by atoms with Crippen molar-refractivity contribution in [2.24, 2.45) is 0 Å². The van der Waals surface area contributed by atoms with Crippen LogP contribution in [0, 0.1) is 0 Å². The number of nitrogens with one attached hydrogen (secondary N) is 1. The first-order chi connectivity index (χ1) is 12.3. The van der Waals surface area contributed by atoms with Crippen LogP contribution in [0.3, 0.4) is 0 Å². The zero-order chi connectivity index (χ0) is 17.3. The number of hydrogen-bond acceptors (Lipinski definition) is 5.